The van der Waals surface area contributed by atoms with E-state index in [1.165, 1.54) is 193 Å². The lowest BCUT2D eigenvalue weighted by atomic mass is 10.0. The van der Waals surface area contributed by atoms with E-state index in [0.29, 0.717) is 19.3 Å². The molecule has 0 bridgehead atoms. The van der Waals surface area contributed by atoms with Gasteiger partial charge in [-0.1, -0.05) is 311 Å². The first-order chi connectivity index (χ1) is 40.5. The molecule has 0 aliphatic carbocycles. The number of hydrogen-bond donors (Lipinski definition) is 0. The van der Waals surface area contributed by atoms with Gasteiger partial charge < -0.3 is 14.2 Å². The second kappa shape index (κ2) is 69.8. The fourth-order valence-electron chi connectivity index (χ4n) is 10.0. The van der Waals surface area contributed by atoms with Crippen LogP contribution in [0.5, 0.6) is 0 Å². The fourth-order valence-corrected chi connectivity index (χ4v) is 10.0. The minimum absolute atomic E-state index is 0.0958. The molecule has 0 aromatic rings. The third kappa shape index (κ3) is 67.1. The van der Waals surface area contributed by atoms with Gasteiger partial charge in [0.2, 0.25) is 0 Å². The summed E-state index contributed by atoms with van der Waals surface area (Å²) in [5.74, 6) is -0.940. The van der Waals surface area contributed by atoms with E-state index in [9.17, 15) is 14.4 Å². The van der Waals surface area contributed by atoms with Crippen LogP contribution in [0.15, 0.2) is 97.2 Å². The molecule has 0 aromatic heterocycles. The van der Waals surface area contributed by atoms with Crippen molar-refractivity contribution >= 4 is 17.9 Å². The van der Waals surface area contributed by atoms with Crippen LogP contribution in [-0.4, -0.2) is 37.2 Å². The van der Waals surface area contributed by atoms with Crippen LogP contribution >= 0.6 is 0 Å². The van der Waals surface area contributed by atoms with Crippen LogP contribution in [0, 0.1) is 0 Å². The molecule has 0 aliphatic heterocycles. The average Bonchev–Trinajstić information content (AvgIpc) is 3.47. The maximum Gasteiger partial charge on any atom is 0.306 e. The van der Waals surface area contributed by atoms with E-state index in [-0.39, 0.29) is 37.5 Å². The van der Waals surface area contributed by atoms with E-state index in [4.69, 9.17) is 14.2 Å². The van der Waals surface area contributed by atoms with Crippen LogP contribution in [-0.2, 0) is 28.6 Å². The molecule has 0 fully saturated rings. The van der Waals surface area contributed by atoms with Gasteiger partial charge in [-0.05, 0) is 116 Å². The third-order valence-electron chi connectivity index (χ3n) is 15.3. The number of esters is 3. The highest BCUT2D eigenvalue weighted by Gasteiger charge is 2.19. The Balaban J connectivity index is 4.15. The van der Waals surface area contributed by atoms with Crippen molar-refractivity contribution in [1.29, 1.82) is 0 Å². The molecule has 0 heterocycles. The number of ether oxygens (including phenoxy) is 3. The minimum atomic E-state index is -0.804. The van der Waals surface area contributed by atoms with Crippen molar-refractivity contribution in [1.82, 2.24) is 0 Å². The van der Waals surface area contributed by atoms with E-state index in [1.807, 2.05) is 0 Å². The van der Waals surface area contributed by atoms with Gasteiger partial charge in [0.15, 0.2) is 6.10 Å². The van der Waals surface area contributed by atoms with Gasteiger partial charge >= 0.3 is 17.9 Å². The highest BCUT2D eigenvalue weighted by Crippen LogP contribution is 2.17. The van der Waals surface area contributed by atoms with Crippen LogP contribution in [0.1, 0.15) is 348 Å². The fraction of sp³-hybridized carbons (Fsp3) is 0.750. The molecule has 0 saturated carbocycles. The maximum absolute atomic E-state index is 12.9. The molecular formula is C76H132O6. The molecule has 1 atom stereocenters. The van der Waals surface area contributed by atoms with E-state index in [2.05, 4.69) is 118 Å². The molecule has 0 aliphatic rings. The summed E-state index contributed by atoms with van der Waals surface area (Å²) in [6, 6.07) is 0. The van der Waals surface area contributed by atoms with Crippen LogP contribution in [0.3, 0.4) is 0 Å². The lowest BCUT2D eigenvalue weighted by Crippen LogP contribution is -2.30. The molecule has 472 valence electrons. The summed E-state index contributed by atoms with van der Waals surface area (Å²) >= 11 is 0. The van der Waals surface area contributed by atoms with Gasteiger partial charge in [0.25, 0.3) is 0 Å². The number of unbranched alkanes of at least 4 members (excludes halogenated alkanes) is 37. The second-order valence-corrected chi connectivity index (χ2v) is 23.4. The van der Waals surface area contributed by atoms with Crippen LogP contribution in [0.25, 0.3) is 0 Å². The first-order valence-electron chi connectivity index (χ1n) is 35.2. The summed E-state index contributed by atoms with van der Waals surface area (Å²) in [7, 11) is 0. The summed E-state index contributed by atoms with van der Waals surface area (Å²) in [5, 5.41) is 0. The summed E-state index contributed by atoms with van der Waals surface area (Å²) in [5.41, 5.74) is 0. The maximum atomic E-state index is 12.9. The zero-order valence-electron chi connectivity index (χ0n) is 54.2. The number of carbonyl (C=O) groups is 3. The van der Waals surface area contributed by atoms with Crippen molar-refractivity contribution in [2.45, 2.75) is 354 Å². The number of rotatable bonds is 64. The Bertz CT molecular complexity index is 1590. The van der Waals surface area contributed by atoms with Gasteiger partial charge in [-0.25, -0.2) is 0 Å². The zero-order valence-corrected chi connectivity index (χ0v) is 54.2. The van der Waals surface area contributed by atoms with Crippen LogP contribution in [0.2, 0.25) is 0 Å². The number of allylic oxidation sites excluding steroid dienone is 16. The molecule has 0 radical (unpaired) electrons. The van der Waals surface area contributed by atoms with Crippen LogP contribution in [0.4, 0.5) is 0 Å². The van der Waals surface area contributed by atoms with Gasteiger partial charge in [-0.3, -0.25) is 14.4 Å². The number of hydrogen-bond acceptors (Lipinski definition) is 6. The monoisotopic (exact) mass is 1140 g/mol. The Morgan fingerprint density at radius 2 is 0.500 bits per heavy atom. The Kier molecular flexibility index (Phi) is 66.7. The molecule has 1 unspecified atom stereocenters. The smallest absolute Gasteiger partial charge is 0.306 e. The van der Waals surface area contributed by atoms with Gasteiger partial charge in [0.1, 0.15) is 13.2 Å². The second-order valence-electron chi connectivity index (χ2n) is 23.4. The van der Waals surface area contributed by atoms with Crippen molar-refractivity contribution in [3.05, 3.63) is 97.2 Å². The molecule has 0 N–H and O–H groups in total. The third-order valence-corrected chi connectivity index (χ3v) is 15.3. The first kappa shape index (κ1) is 78.3. The van der Waals surface area contributed by atoms with E-state index < -0.39 is 6.10 Å². The highest BCUT2D eigenvalue weighted by molar-refractivity contribution is 5.71. The van der Waals surface area contributed by atoms with E-state index in [0.717, 1.165) is 109 Å². The molecule has 6 heteroatoms. The van der Waals surface area contributed by atoms with Crippen LogP contribution < -0.4 is 0 Å². The lowest BCUT2D eigenvalue weighted by molar-refractivity contribution is -0.167. The zero-order chi connectivity index (χ0) is 59.2. The Morgan fingerprint density at radius 3 is 0.829 bits per heavy atom. The summed E-state index contributed by atoms with van der Waals surface area (Å²) < 4.78 is 16.9. The van der Waals surface area contributed by atoms with E-state index in [1.54, 1.807) is 0 Å². The van der Waals surface area contributed by atoms with Gasteiger partial charge in [-0.2, -0.15) is 0 Å². The van der Waals surface area contributed by atoms with Crippen molar-refractivity contribution in [2.75, 3.05) is 13.2 Å². The largest absolute Gasteiger partial charge is 0.462 e. The van der Waals surface area contributed by atoms with E-state index >= 15 is 0 Å². The molecule has 0 spiro atoms. The predicted octanol–water partition coefficient (Wildman–Crippen LogP) is 24.4. The Morgan fingerprint density at radius 1 is 0.256 bits per heavy atom. The average molecular weight is 1140 g/mol. The minimum Gasteiger partial charge on any atom is -0.462 e. The predicted molar refractivity (Wildman–Crippen MR) is 357 cm³/mol. The van der Waals surface area contributed by atoms with Gasteiger partial charge in [0, 0.05) is 19.3 Å². The Labute approximate surface area is 508 Å². The molecule has 0 aromatic carbocycles. The van der Waals surface area contributed by atoms with Crippen molar-refractivity contribution in [3.63, 3.8) is 0 Å². The lowest BCUT2D eigenvalue weighted by Gasteiger charge is -2.18. The molecule has 6 nitrogen and oxygen atoms in total. The first-order valence-corrected chi connectivity index (χ1v) is 35.2. The molecule has 0 saturated heterocycles. The molecule has 0 amide bonds. The molecule has 82 heavy (non-hydrogen) atoms. The molecule has 0 rings (SSSR count). The van der Waals surface area contributed by atoms with Crippen molar-refractivity contribution in [2.24, 2.45) is 0 Å². The quantitative estimate of drug-likeness (QED) is 0.0261. The van der Waals surface area contributed by atoms with Gasteiger partial charge in [-0.15, -0.1) is 0 Å². The molecular weight excluding hydrogens is 1010 g/mol. The SMILES string of the molecule is CC/C=C\C/C=C\C/C=C\C/C=C\C/C=C\C/C=C\CCCCC(=O)OC(COC(=O)CCCCCCC/C=C\CCC)COC(=O)CCCCCCCCCCCCCCCCCCCCCCC/C=C\CCCCCCCCCC. The summed E-state index contributed by atoms with van der Waals surface area (Å²) in [6.45, 7) is 6.45. The summed E-state index contributed by atoms with van der Waals surface area (Å²) in [4.78, 5) is 38.3. The standard InChI is InChI=1S/C76H132O6/c1-4-7-10-13-16-19-22-24-26-28-30-32-33-34-35-36-37-38-39-40-41-42-43-45-46-48-50-52-54-57-60-63-66-69-75(78)81-72-73(71-80-74(77)68-65-62-59-56-21-18-15-12-9-6-3)82-76(79)70-67-64-61-58-55-53-51-49-47-44-31-29-27-25-23-20-17-14-11-8-5-2/h8,11-12,15,17,20,25,27-28,30-31,44,49,51,55,58,73H,4-7,9-10,13-14,16,18-19,21-24,26,29,32-43,45-48,50,52-54,56-57,59-72H2,1-3H3/b11-8-,15-12-,20-17-,27-25-,30-28-,44-31-,51-49-,58-55-. The number of carbonyl (C=O) groups excluding carboxylic acids is 3. The Hall–Kier alpha value is -3.67. The van der Waals surface area contributed by atoms with Gasteiger partial charge in [0.05, 0.1) is 0 Å². The normalized spacial score (nSPS) is 12.7. The topological polar surface area (TPSA) is 78.9 Å². The van der Waals surface area contributed by atoms with Crippen molar-refractivity contribution < 1.29 is 28.6 Å². The highest BCUT2D eigenvalue weighted by atomic mass is 16.6. The van der Waals surface area contributed by atoms with Crippen molar-refractivity contribution in [3.8, 4) is 0 Å². The summed E-state index contributed by atoms with van der Waals surface area (Å²) in [6.07, 6.45) is 94.7.